The quantitative estimate of drug-likeness (QED) is 0.167. The molecule has 0 aliphatic carbocycles. The number of para-hydroxylation sites is 2. The molecule has 0 saturated heterocycles. The third-order valence-corrected chi connectivity index (χ3v) is 12.7. The molecule has 0 aliphatic rings. The average Bonchev–Trinajstić information content (AvgIpc) is 3.89. The molecule has 2 heteroatoms. The van der Waals surface area contributed by atoms with Gasteiger partial charge in [-0.05, 0) is 101 Å². The molecule has 0 saturated carbocycles. The van der Waals surface area contributed by atoms with Crippen molar-refractivity contribution in [3.8, 4) is 44.5 Å². The van der Waals surface area contributed by atoms with Crippen molar-refractivity contribution in [2.24, 2.45) is 0 Å². The van der Waals surface area contributed by atoms with Gasteiger partial charge in [0.2, 0.25) is 0 Å². The van der Waals surface area contributed by atoms with Gasteiger partial charge in [0.1, 0.15) is 22.3 Å². The van der Waals surface area contributed by atoms with E-state index in [2.05, 4.69) is 200 Å². The number of hydrogen-bond acceptors (Lipinski definition) is 2. The Morgan fingerprint density at radius 1 is 0.233 bits per heavy atom. The van der Waals surface area contributed by atoms with Gasteiger partial charge in [-0.2, -0.15) is 0 Å². The fourth-order valence-corrected chi connectivity index (χ4v) is 10.2. The van der Waals surface area contributed by atoms with E-state index in [0.717, 1.165) is 49.4 Å². The van der Waals surface area contributed by atoms with Crippen LogP contribution in [0.5, 0.6) is 0 Å². The van der Waals surface area contributed by atoms with Gasteiger partial charge >= 0.3 is 0 Å². The molecule has 0 N–H and O–H groups in total. The minimum Gasteiger partial charge on any atom is -0.456 e. The van der Waals surface area contributed by atoms with Gasteiger partial charge in [0.15, 0.2) is 0 Å². The molecule has 2 nitrogen and oxygen atoms in total. The Labute approximate surface area is 345 Å². The van der Waals surface area contributed by atoms with E-state index in [9.17, 15) is 0 Å². The highest BCUT2D eigenvalue weighted by atomic mass is 16.3. The van der Waals surface area contributed by atoms with Crippen LogP contribution in [0.25, 0.3) is 131 Å². The smallest absolute Gasteiger partial charge is 0.143 e. The van der Waals surface area contributed by atoms with E-state index in [1.165, 1.54) is 82.0 Å². The Balaban J connectivity index is 1.06. The van der Waals surface area contributed by atoms with Crippen LogP contribution in [0.3, 0.4) is 0 Å². The van der Waals surface area contributed by atoms with Crippen LogP contribution < -0.4 is 0 Å². The van der Waals surface area contributed by atoms with Gasteiger partial charge in [-0.15, -0.1) is 0 Å². The van der Waals surface area contributed by atoms with E-state index in [0.29, 0.717) is 0 Å². The predicted octanol–water partition coefficient (Wildman–Crippen LogP) is 16.8. The second-order valence-corrected chi connectivity index (χ2v) is 15.8. The Bertz CT molecular complexity index is 3770. The summed E-state index contributed by atoms with van der Waals surface area (Å²) >= 11 is 0. The predicted molar refractivity (Wildman–Crippen MR) is 253 cm³/mol. The normalized spacial score (nSPS) is 12.0. The zero-order valence-electron chi connectivity index (χ0n) is 32.4. The summed E-state index contributed by atoms with van der Waals surface area (Å²) in [5, 5.41) is 14.2. The van der Waals surface area contributed by atoms with Crippen molar-refractivity contribution in [1.29, 1.82) is 0 Å². The van der Waals surface area contributed by atoms with Gasteiger partial charge in [-0.1, -0.05) is 182 Å². The highest BCUT2D eigenvalue weighted by molar-refractivity contribution is 6.28. The lowest BCUT2D eigenvalue weighted by molar-refractivity contribution is 0.669. The van der Waals surface area contributed by atoms with Gasteiger partial charge in [0.05, 0.1) is 0 Å². The Morgan fingerprint density at radius 3 is 1.28 bits per heavy atom. The van der Waals surface area contributed by atoms with Crippen LogP contribution in [0.1, 0.15) is 0 Å². The molecule has 0 bridgehead atoms. The van der Waals surface area contributed by atoms with Gasteiger partial charge in [0, 0.05) is 32.7 Å². The van der Waals surface area contributed by atoms with Crippen LogP contribution in [-0.2, 0) is 0 Å². The van der Waals surface area contributed by atoms with Gasteiger partial charge in [0.25, 0.3) is 0 Å². The topological polar surface area (TPSA) is 26.3 Å². The molecule has 0 spiro atoms. The molecule has 278 valence electrons. The van der Waals surface area contributed by atoms with E-state index >= 15 is 0 Å². The number of furan rings is 2. The average molecular weight is 763 g/mol. The third-order valence-electron chi connectivity index (χ3n) is 12.7. The Hall–Kier alpha value is -7.94. The third kappa shape index (κ3) is 4.70. The monoisotopic (exact) mass is 762 g/mol. The molecule has 0 radical (unpaired) electrons. The summed E-state index contributed by atoms with van der Waals surface area (Å²) in [5.74, 6) is 0. The van der Waals surface area contributed by atoms with E-state index in [4.69, 9.17) is 8.83 Å². The molecule has 2 heterocycles. The Morgan fingerprint density at radius 2 is 0.667 bits per heavy atom. The van der Waals surface area contributed by atoms with Crippen molar-refractivity contribution < 1.29 is 8.83 Å². The minimum atomic E-state index is 0.875. The number of rotatable bonds is 4. The molecule has 60 heavy (non-hydrogen) atoms. The first-order valence-corrected chi connectivity index (χ1v) is 20.6. The maximum Gasteiger partial charge on any atom is 0.143 e. The highest BCUT2D eigenvalue weighted by Crippen LogP contribution is 2.50. The molecular formula is C58H34O2. The lowest BCUT2D eigenvalue weighted by Crippen LogP contribution is -1.91. The van der Waals surface area contributed by atoms with Crippen molar-refractivity contribution in [3.05, 3.63) is 206 Å². The fraction of sp³-hybridized carbons (Fsp3) is 0. The molecule has 0 fully saturated rings. The molecule has 0 unspecified atom stereocenters. The van der Waals surface area contributed by atoms with Gasteiger partial charge in [-0.25, -0.2) is 0 Å². The summed E-state index contributed by atoms with van der Waals surface area (Å²) in [4.78, 5) is 0. The second-order valence-electron chi connectivity index (χ2n) is 15.8. The van der Waals surface area contributed by atoms with Crippen LogP contribution in [0.15, 0.2) is 215 Å². The Kier molecular flexibility index (Phi) is 7.05. The molecular weight excluding hydrogens is 729 g/mol. The fourth-order valence-electron chi connectivity index (χ4n) is 10.2. The number of hydrogen-bond donors (Lipinski definition) is 0. The highest BCUT2D eigenvalue weighted by Gasteiger charge is 2.23. The zero-order chi connectivity index (χ0) is 39.3. The molecule has 0 atom stereocenters. The summed E-state index contributed by atoms with van der Waals surface area (Å²) < 4.78 is 13.4. The largest absolute Gasteiger partial charge is 0.456 e. The maximum absolute atomic E-state index is 6.98. The van der Waals surface area contributed by atoms with Crippen molar-refractivity contribution in [2.75, 3.05) is 0 Å². The molecule has 0 aliphatic heterocycles. The SMILES string of the molecule is c1ccc(-c2c3ccccc3c(-c3ccc4oc5c(-c6c7ccccc7c(-c7cccc8oc9ccccc9c78)c7ccccc67)cccc5c4c3)c3ccccc23)cc1. The standard InChI is InChI=1S/C58H34O2/c1-2-16-35(17-3-1)53-37-18-4-6-20-39(37)54(40-21-7-5-19-38(40)53)36-32-33-51-49(34-36)45-27-14-29-48(58(45)60-51)56-43-24-10-8-22-41(43)55(42-23-9-11-25-44(42)56)47-28-15-31-52-57(47)46-26-12-13-30-50(46)59-52/h1-34H. The summed E-state index contributed by atoms with van der Waals surface area (Å²) in [5.41, 5.74) is 13.1. The number of fused-ring (bicyclic) bond motifs is 10. The van der Waals surface area contributed by atoms with Crippen molar-refractivity contribution >= 4 is 87.0 Å². The first-order valence-electron chi connectivity index (χ1n) is 20.6. The van der Waals surface area contributed by atoms with Crippen LogP contribution >= 0.6 is 0 Å². The summed E-state index contributed by atoms with van der Waals surface area (Å²) in [6.45, 7) is 0. The lowest BCUT2D eigenvalue weighted by Gasteiger charge is -2.18. The van der Waals surface area contributed by atoms with Crippen molar-refractivity contribution in [2.45, 2.75) is 0 Å². The summed E-state index contributed by atoms with van der Waals surface area (Å²) in [7, 11) is 0. The van der Waals surface area contributed by atoms with Crippen molar-refractivity contribution in [3.63, 3.8) is 0 Å². The van der Waals surface area contributed by atoms with Crippen molar-refractivity contribution in [1.82, 2.24) is 0 Å². The minimum absolute atomic E-state index is 0.875. The van der Waals surface area contributed by atoms with Crippen LogP contribution in [0.4, 0.5) is 0 Å². The molecule has 13 rings (SSSR count). The first-order chi connectivity index (χ1) is 29.8. The molecule has 0 amide bonds. The van der Waals surface area contributed by atoms with Crippen LogP contribution in [-0.4, -0.2) is 0 Å². The lowest BCUT2D eigenvalue weighted by atomic mass is 9.84. The first kappa shape index (κ1) is 33.1. The maximum atomic E-state index is 6.98. The van der Waals surface area contributed by atoms with Gasteiger partial charge < -0.3 is 8.83 Å². The molecule has 13 aromatic rings. The summed E-state index contributed by atoms with van der Waals surface area (Å²) in [6.07, 6.45) is 0. The van der Waals surface area contributed by atoms with Crippen LogP contribution in [0.2, 0.25) is 0 Å². The molecule has 11 aromatic carbocycles. The van der Waals surface area contributed by atoms with E-state index in [1.807, 2.05) is 6.07 Å². The van der Waals surface area contributed by atoms with Crippen LogP contribution in [0, 0.1) is 0 Å². The van der Waals surface area contributed by atoms with Gasteiger partial charge in [-0.3, -0.25) is 0 Å². The summed E-state index contributed by atoms with van der Waals surface area (Å²) in [6, 6.07) is 74.3. The van der Waals surface area contributed by atoms with E-state index < -0.39 is 0 Å². The number of benzene rings is 11. The second kappa shape index (κ2) is 12.8. The molecule has 2 aromatic heterocycles. The zero-order valence-corrected chi connectivity index (χ0v) is 32.4. The van der Waals surface area contributed by atoms with E-state index in [-0.39, 0.29) is 0 Å². The van der Waals surface area contributed by atoms with E-state index in [1.54, 1.807) is 0 Å².